The molecule has 101 valence electrons. The fraction of sp³-hybridized carbons (Fsp3) is 0.667. The molecule has 0 aliphatic rings. The fourth-order valence-electron chi connectivity index (χ4n) is 0.606. The molecule has 0 rings (SSSR count). The Hall–Kier alpha value is 1.65. The molecule has 0 fully saturated rings. The average Bonchev–Trinajstić information content (AvgIpc) is 2.15. The van der Waals surface area contributed by atoms with E-state index in [1.165, 1.54) is 14.0 Å². The third kappa shape index (κ3) is 13.9. The van der Waals surface area contributed by atoms with Crippen LogP contribution in [0, 0.1) is 0 Å². The van der Waals surface area contributed by atoms with Crippen molar-refractivity contribution in [2.24, 2.45) is 0 Å². The van der Waals surface area contributed by atoms with Gasteiger partial charge in [0.2, 0.25) is 9.70 Å². The number of urea groups is 1. The molecule has 3 N–H and O–H groups in total. The predicted molar refractivity (Wildman–Crippen MR) is 83.5 cm³/mol. The van der Waals surface area contributed by atoms with Crippen molar-refractivity contribution in [1.29, 1.82) is 0 Å². The van der Waals surface area contributed by atoms with Gasteiger partial charge in [0.15, 0.2) is 6.17 Å². The van der Waals surface area contributed by atoms with Crippen LogP contribution in [0.2, 0.25) is 0 Å². The number of rotatable bonds is 2. The van der Waals surface area contributed by atoms with Crippen LogP contribution >= 0.6 is 74.8 Å². The standard InChI is InChI=1S/C6H10Cl3N3O2.2HI.V/c1-3(13)11-4(6(7,8)9)12-5(14)10-2;;;/h4H,1-2H3,(H,11,13)(H2,10,12,14);2*1H;/q;;;+2/p-2. The van der Waals surface area contributed by atoms with E-state index in [0.29, 0.717) is 9.47 Å². The van der Waals surface area contributed by atoms with Crippen molar-refractivity contribution in [1.82, 2.24) is 16.0 Å². The van der Waals surface area contributed by atoms with Gasteiger partial charge in [0.05, 0.1) is 0 Å². The molecule has 0 saturated carbocycles. The number of carbonyl (C=O) groups excluding carboxylic acids is 2. The minimum atomic E-state index is -1.81. The molecule has 0 saturated heterocycles. The first-order valence-electron chi connectivity index (χ1n) is 3.93. The van der Waals surface area contributed by atoms with Crippen molar-refractivity contribution in [2.75, 3.05) is 7.05 Å². The van der Waals surface area contributed by atoms with E-state index in [-0.39, 0.29) is 0 Å². The summed E-state index contributed by atoms with van der Waals surface area (Å²) in [4.78, 5) is 21.6. The molecule has 0 aliphatic carbocycles. The van der Waals surface area contributed by atoms with Gasteiger partial charge in [0.25, 0.3) is 0 Å². The monoisotopic (exact) mass is 566 g/mol. The molecular formula is C6H10Cl3I2N3O2V. The third-order valence-electron chi connectivity index (χ3n) is 1.18. The van der Waals surface area contributed by atoms with Crippen LogP contribution in [-0.2, 0) is 14.3 Å². The number of carbonyl (C=O) groups is 2. The summed E-state index contributed by atoms with van der Waals surface area (Å²) < 4.78 is -1.81. The topological polar surface area (TPSA) is 70.2 Å². The van der Waals surface area contributed by atoms with Crippen molar-refractivity contribution in [3.63, 3.8) is 0 Å². The summed E-state index contributed by atoms with van der Waals surface area (Å²) in [6, 6.07) is -0.560. The summed E-state index contributed by atoms with van der Waals surface area (Å²) in [5, 5.41) is 6.80. The first-order chi connectivity index (χ1) is 7.68. The van der Waals surface area contributed by atoms with Crippen molar-refractivity contribution in [2.45, 2.75) is 16.9 Å². The molecule has 0 aromatic rings. The normalized spacial score (nSPS) is 11.5. The molecule has 0 radical (unpaired) electrons. The van der Waals surface area contributed by atoms with Gasteiger partial charge < -0.3 is 16.0 Å². The van der Waals surface area contributed by atoms with Gasteiger partial charge >= 0.3 is 55.5 Å². The van der Waals surface area contributed by atoms with E-state index in [2.05, 4.69) is 55.9 Å². The van der Waals surface area contributed by atoms with Gasteiger partial charge in [-0.1, -0.05) is 34.8 Å². The molecule has 0 heterocycles. The Morgan fingerprint density at radius 1 is 1.24 bits per heavy atom. The molecule has 3 amide bonds. The number of nitrogens with one attached hydrogen (secondary N) is 3. The number of alkyl halides is 3. The summed E-state index contributed by atoms with van der Waals surface area (Å²) in [5.41, 5.74) is 0. The van der Waals surface area contributed by atoms with Crippen LogP contribution in [0.15, 0.2) is 0 Å². The summed E-state index contributed by atoms with van der Waals surface area (Å²) in [6.45, 7) is 1.24. The van der Waals surface area contributed by atoms with Crippen LogP contribution in [0.5, 0.6) is 0 Å². The van der Waals surface area contributed by atoms with Crippen LogP contribution in [-0.4, -0.2) is 28.9 Å². The fourth-order valence-corrected chi connectivity index (χ4v) is 0.934. The maximum atomic E-state index is 10.9. The average molecular weight is 567 g/mol. The zero-order valence-corrected chi connectivity index (χ0v) is 16.7. The molecule has 5 nitrogen and oxygen atoms in total. The van der Waals surface area contributed by atoms with Gasteiger partial charge in [-0.05, 0) is 0 Å². The predicted octanol–water partition coefficient (Wildman–Crippen LogP) is 2.52. The second kappa shape index (κ2) is 11.5. The van der Waals surface area contributed by atoms with Crippen molar-refractivity contribution < 1.29 is 19.1 Å². The Kier molecular flexibility index (Phi) is 14.2. The van der Waals surface area contributed by atoms with E-state index >= 15 is 0 Å². The quantitative estimate of drug-likeness (QED) is 0.273. The number of halogens is 5. The van der Waals surface area contributed by atoms with E-state index in [1.807, 2.05) is 0 Å². The van der Waals surface area contributed by atoms with Crippen molar-refractivity contribution >= 4 is 86.7 Å². The van der Waals surface area contributed by atoms with E-state index in [0.717, 1.165) is 0 Å². The molecule has 17 heavy (non-hydrogen) atoms. The Morgan fingerprint density at radius 2 is 1.65 bits per heavy atom. The van der Waals surface area contributed by atoms with Gasteiger partial charge in [-0.15, -0.1) is 0 Å². The third-order valence-corrected chi connectivity index (χ3v) is 1.83. The SMILES string of the molecule is CNC(=O)NC(NC(C)=O)C(Cl)(Cl)Cl.[I][V][I]. The van der Waals surface area contributed by atoms with Gasteiger partial charge in [-0.25, -0.2) is 4.79 Å². The molecule has 0 aromatic carbocycles. The van der Waals surface area contributed by atoms with E-state index in [1.54, 1.807) is 0 Å². The molecule has 1 atom stereocenters. The molecular weight excluding hydrogens is 557 g/mol. The maximum absolute atomic E-state index is 10.9. The second-order valence-corrected chi connectivity index (χ2v) is 16.6. The molecule has 0 aliphatic heterocycles. The van der Waals surface area contributed by atoms with Crippen LogP contribution in [0.25, 0.3) is 0 Å². The van der Waals surface area contributed by atoms with Crippen molar-refractivity contribution in [3.8, 4) is 0 Å². The molecule has 11 heteroatoms. The van der Waals surface area contributed by atoms with Crippen molar-refractivity contribution in [3.05, 3.63) is 0 Å². The summed E-state index contributed by atoms with van der Waals surface area (Å²) in [5.74, 6) is -0.419. The Morgan fingerprint density at radius 3 is 1.88 bits per heavy atom. The zero-order valence-electron chi connectivity index (χ0n) is 8.73. The number of amides is 3. The van der Waals surface area contributed by atoms with E-state index in [9.17, 15) is 9.59 Å². The van der Waals surface area contributed by atoms with E-state index < -0.39 is 21.9 Å². The van der Waals surface area contributed by atoms with E-state index in [4.69, 9.17) is 34.8 Å². The van der Waals surface area contributed by atoms with Crippen LogP contribution in [0.3, 0.4) is 0 Å². The number of hydrogen-bond acceptors (Lipinski definition) is 2. The van der Waals surface area contributed by atoms with Gasteiger partial charge in [0.1, 0.15) is 0 Å². The summed E-state index contributed by atoms with van der Waals surface area (Å²) in [7, 11) is 2.03. The summed E-state index contributed by atoms with van der Waals surface area (Å²) >= 11 is 21.3. The van der Waals surface area contributed by atoms with Gasteiger partial charge in [0, 0.05) is 14.0 Å². The minimum absolute atomic E-state index is 0.419. The second-order valence-electron chi connectivity index (χ2n) is 2.46. The van der Waals surface area contributed by atoms with Crippen LogP contribution in [0.4, 0.5) is 4.79 Å². The van der Waals surface area contributed by atoms with Crippen LogP contribution < -0.4 is 16.0 Å². The molecule has 0 aromatic heterocycles. The van der Waals surface area contributed by atoms with Gasteiger partial charge in [-0.2, -0.15) is 0 Å². The summed E-state index contributed by atoms with van der Waals surface area (Å²) in [6.07, 6.45) is -1.08. The molecule has 0 bridgehead atoms. The number of hydrogen-bond donors (Lipinski definition) is 3. The first kappa shape index (κ1) is 21.0. The first-order valence-corrected chi connectivity index (χ1v) is 14.1. The zero-order chi connectivity index (χ0) is 14.1. The molecule has 0 spiro atoms. The van der Waals surface area contributed by atoms with Gasteiger partial charge in [-0.3, -0.25) is 4.79 Å². The Balaban J connectivity index is 0. The molecule has 1 unspecified atom stereocenters. The Bertz CT molecular complexity index is 255. The van der Waals surface area contributed by atoms with Crippen LogP contribution in [0.1, 0.15) is 6.92 Å². The Labute approximate surface area is 144 Å².